The highest BCUT2D eigenvalue weighted by Gasteiger charge is 2.07. The Bertz CT molecular complexity index is 589. The van der Waals surface area contributed by atoms with Gasteiger partial charge in [0.15, 0.2) is 0 Å². The summed E-state index contributed by atoms with van der Waals surface area (Å²) < 4.78 is 0. The predicted molar refractivity (Wildman–Crippen MR) is 63.9 cm³/mol. The molecule has 0 aliphatic rings. The van der Waals surface area contributed by atoms with Gasteiger partial charge in [0.05, 0.1) is 0 Å². The maximum Gasteiger partial charge on any atom is 0.253 e. The van der Waals surface area contributed by atoms with Crippen molar-refractivity contribution < 1.29 is 0 Å². The molecule has 0 spiro atoms. The molecular weight excluding hydrogens is 204 g/mol. The van der Waals surface area contributed by atoms with E-state index >= 15 is 0 Å². The third-order valence-corrected chi connectivity index (χ3v) is 2.39. The minimum atomic E-state index is -0.274. The maximum absolute atomic E-state index is 11.3. The van der Waals surface area contributed by atoms with E-state index in [4.69, 9.17) is 11.5 Å². The number of nitrogens with zero attached hydrogens (tertiary/aromatic N) is 1. The van der Waals surface area contributed by atoms with E-state index in [9.17, 15) is 4.79 Å². The Balaban J connectivity index is 2.67. The normalized spacial score (nSPS) is 10.3. The molecule has 16 heavy (non-hydrogen) atoms. The molecule has 5 N–H and O–H groups in total. The van der Waals surface area contributed by atoms with E-state index in [2.05, 4.69) is 9.97 Å². The number of anilines is 2. The molecule has 82 valence electrons. The van der Waals surface area contributed by atoms with Crippen molar-refractivity contribution in [2.75, 3.05) is 11.5 Å². The van der Waals surface area contributed by atoms with Gasteiger partial charge in [-0.15, -0.1) is 0 Å². The number of rotatable bonds is 1. The summed E-state index contributed by atoms with van der Waals surface area (Å²) in [5.74, 6) is 0.635. The summed E-state index contributed by atoms with van der Waals surface area (Å²) in [4.78, 5) is 18.0. The molecule has 0 saturated heterocycles. The van der Waals surface area contributed by atoms with Gasteiger partial charge in [-0.25, -0.2) is 4.98 Å². The quantitative estimate of drug-likeness (QED) is 0.617. The van der Waals surface area contributed by atoms with Crippen LogP contribution in [0.1, 0.15) is 5.56 Å². The Hall–Kier alpha value is -2.30. The summed E-state index contributed by atoms with van der Waals surface area (Å²) in [7, 11) is 0. The molecule has 0 saturated carbocycles. The number of aromatic amines is 1. The average Bonchev–Trinajstić information content (AvgIpc) is 2.20. The van der Waals surface area contributed by atoms with Crippen molar-refractivity contribution in [2.45, 2.75) is 6.92 Å². The highest BCUT2D eigenvalue weighted by molar-refractivity contribution is 5.68. The molecule has 0 bridgehead atoms. The first-order valence-corrected chi connectivity index (χ1v) is 4.80. The van der Waals surface area contributed by atoms with E-state index in [1.54, 1.807) is 12.1 Å². The number of H-pyrrole nitrogens is 1. The summed E-state index contributed by atoms with van der Waals surface area (Å²) in [6, 6.07) is 6.68. The minimum absolute atomic E-state index is 0.195. The van der Waals surface area contributed by atoms with Gasteiger partial charge in [-0.3, -0.25) is 4.79 Å². The second kappa shape index (κ2) is 3.69. The van der Waals surface area contributed by atoms with Crippen molar-refractivity contribution in [1.29, 1.82) is 0 Å². The fraction of sp³-hybridized carbons (Fsp3) is 0.0909. The highest BCUT2D eigenvalue weighted by atomic mass is 16.1. The molecule has 1 aromatic carbocycles. The Kier molecular flexibility index (Phi) is 2.36. The van der Waals surface area contributed by atoms with E-state index in [-0.39, 0.29) is 11.4 Å². The van der Waals surface area contributed by atoms with E-state index in [0.717, 1.165) is 11.1 Å². The lowest BCUT2D eigenvalue weighted by molar-refractivity contribution is 1.13. The fourth-order valence-electron chi connectivity index (χ4n) is 1.51. The Morgan fingerprint density at radius 2 is 2.06 bits per heavy atom. The standard InChI is InChI=1S/C11H12N4O/c1-6-7(3-2-4-8(6)12)11-14-9(13)5-10(16)15-11/h2-5H,12H2,1H3,(H3,13,14,15,16). The van der Waals surface area contributed by atoms with Crippen LogP contribution in [0.5, 0.6) is 0 Å². The van der Waals surface area contributed by atoms with Gasteiger partial charge in [0.2, 0.25) is 0 Å². The third kappa shape index (κ3) is 1.75. The number of benzene rings is 1. The van der Waals surface area contributed by atoms with Gasteiger partial charge in [0.25, 0.3) is 5.56 Å². The molecule has 2 rings (SSSR count). The molecule has 1 aromatic heterocycles. The second-order valence-electron chi connectivity index (χ2n) is 3.54. The van der Waals surface area contributed by atoms with Gasteiger partial charge in [-0.2, -0.15) is 0 Å². The largest absolute Gasteiger partial charge is 0.398 e. The van der Waals surface area contributed by atoms with Crippen LogP contribution in [0, 0.1) is 6.92 Å². The van der Waals surface area contributed by atoms with E-state index < -0.39 is 0 Å². The Labute approximate surface area is 92.1 Å². The van der Waals surface area contributed by atoms with Crippen LogP contribution in [0.15, 0.2) is 29.1 Å². The van der Waals surface area contributed by atoms with Crippen LogP contribution in [-0.4, -0.2) is 9.97 Å². The lowest BCUT2D eigenvalue weighted by Gasteiger charge is -2.07. The number of nitrogen functional groups attached to an aromatic ring is 2. The second-order valence-corrected chi connectivity index (χ2v) is 3.54. The highest BCUT2D eigenvalue weighted by Crippen LogP contribution is 2.23. The molecule has 5 heteroatoms. The summed E-state index contributed by atoms with van der Waals surface area (Å²) in [5.41, 5.74) is 13.3. The van der Waals surface area contributed by atoms with Crippen LogP contribution in [0.3, 0.4) is 0 Å². The van der Waals surface area contributed by atoms with Gasteiger partial charge < -0.3 is 16.5 Å². The number of aromatic nitrogens is 2. The lowest BCUT2D eigenvalue weighted by Crippen LogP contribution is -2.10. The number of hydrogen-bond acceptors (Lipinski definition) is 4. The first-order valence-electron chi connectivity index (χ1n) is 4.80. The zero-order valence-corrected chi connectivity index (χ0v) is 8.82. The van der Waals surface area contributed by atoms with Crippen LogP contribution in [-0.2, 0) is 0 Å². The molecule has 0 unspecified atom stereocenters. The van der Waals surface area contributed by atoms with Crippen molar-refractivity contribution >= 4 is 11.5 Å². The molecule has 0 fully saturated rings. The molecule has 2 aromatic rings. The van der Waals surface area contributed by atoms with Crippen molar-refractivity contribution in [3.8, 4) is 11.4 Å². The van der Waals surface area contributed by atoms with E-state index in [1.165, 1.54) is 6.07 Å². The minimum Gasteiger partial charge on any atom is -0.398 e. The van der Waals surface area contributed by atoms with E-state index in [1.807, 2.05) is 13.0 Å². The summed E-state index contributed by atoms with van der Waals surface area (Å²) in [5, 5.41) is 0. The van der Waals surface area contributed by atoms with Crippen LogP contribution >= 0.6 is 0 Å². The maximum atomic E-state index is 11.3. The number of nitrogens with one attached hydrogen (secondary N) is 1. The SMILES string of the molecule is Cc1c(N)cccc1-c1nc(N)cc(=O)[nH]1. The predicted octanol–water partition coefficient (Wildman–Crippen LogP) is 0.910. The molecule has 0 amide bonds. The van der Waals surface area contributed by atoms with Gasteiger partial charge in [0, 0.05) is 17.3 Å². The number of nitrogens with two attached hydrogens (primary N) is 2. The van der Waals surface area contributed by atoms with Gasteiger partial charge >= 0.3 is 0 Å². The summed E-state index contributed by atoms with van der Waals surface area (Å²) >= 11 is 0. The Morgan fingerprint density at radius 1 is 1.31 bits per heavy atom. The summed E-state index contributed by atoms with van der Waals surface area (Å²) in [6.07, 6.45) is 0. The molecule has 0 atom stereocenters. The van der Waals surface area contributed by atoms with Crippen molar-refractivity contribution in [2.24, 2.45) is 0 Å². The van der Waals surface area contributed by atoms with Gasteiger partial charge in [0.1, 0.15) is 11.6 Å². The molecular formula is C11H12N4O. The van der Waals surface area contributed by atoms with Crippen LogP contribution < -0.4 is 17.0 Å². The smallest absolute Gasteiger partial charge is 0.253 e. The molecule has 0 radical (unpaired) electrons. The molecule has 0 aliphatic heterocycles. The van der Waals surface area contributed by atoms with Crippen molar-refractivity contribution in [3.63, 3.8) is 0 Å². The number of hydrogen-bond donors (Lipinski definition) is 3. The monoisotopic (exact) mass is 216 g/mol. The fourth-order valence-corrected chi connectivity index (χ4v) is 1.51. The van der Waals surface area contributed by atoms with Crippen molar-refractivity contribution in [3.05, 3.63) is 40.2 Å². The first-order chi connectivity index (χ1) is 7.58. The molecule has 1 heterocycles. The van der Waals surface area contributed by atoms with Crippen molar-refractivity contribution in [1.82, 2.24) is 9.97 Å². The van der Waals surface area contributed by atoms with E-state index in [0.29, 0.717) is 11.5 Å². The van der Waals surface area contributed by atoms with Gasteiger partial charge in [-0.05, 0) is 18.6 Å². The molecule has 5 nitrogen and oxygen atoms in total. The van der Waals surface area contributed by atoms with Crippen LogP contribution in [0.2, 0.25) is 0 Å². The zero-order valence-electron chi connectivity index (χ0n) is 8.82. The average molecular weight is 216 g/mol. The Morgan fingerprint density at radius 3 is 2.75 bits per heavy atom. The lowest BCUT2D eigenvalue weighted by atomic mass is 10.1. The third-order valence-electron chi connectivity index (χ3n) is 2.39. The topological polar surface area (TPSA) is 97.8 Å². The van der Waals surface area contributed by atoms with Crippen LogP contribution in [0.25, 0.3) is 11.4 Å². The summed E-state index contributed by atoms with van der Waals surface area (Å²) in [6.45, 7) is 1.87. The first kappa shape index (κ1) is 10.2. The molecule has 0 aliphatic carbocycles. The van der Waals surface area contributed by atoms with Crippen LogP contribution in [0.4, 0.5) is 11.5 Å². The van der Waals surface area contributed by atoms with Gasteiger partial charge in [-0.1, -0.05) is 12.1 Å². The zero-order chi connectivity index (χ0) is 11.7.